The average molecular weight is 413 g/mol. The number of carboxylic acids is 1. The van der Waals surface area contributed by atoms with Crippen molar-refractivity contribution in [3.63, 3.8) is 0 Å². The van der Waals surface area contributed by atoms with E-state index in [9.17, 15) is 18.3 Å². The molecule has 0 bridgehead atoms. The highest BCUT2D eigenvalue weighted by molar-refractivity contribution is 7.89. The first-order valence-electron chi connectivity index (χ1n) is 8.62. The summed E-state index contributed by atoms with van der Waals surface area (Å²) in [5, 5.41) is 9.41. The number of carboxylic acid groups (broad SMARTS) is 1. The fourth-order valence-corrected chi connectivity index (χ4v) is 3.81. The third kappa shape index (κ3) is 4.95. The lowest BCUT2D eigenvalue weighted by molar-refractivity contribution is -0.145. The molecule has 3 aromatic rings. The van der Waals surface area contributed by atoms with Gasteiger partial charge in [0.2, 0.25) is 16.1 Å². The number of sulfonamides is 1. The van der Waals surface area contributed by atoms with Gasteiger partial charge in [-0.05, 0) is 29.8 Å². The van der Waals surface area contributed by atoms with Crippen LogP contribution in [0.4, 0.5) is 0 Å². The molecular weight excluding hydrogens is 394 g/mol. The molecule has 1 heterocycles. The van der Waals surface area contributed by atoms with Crippen LogP contribution in [0.25, 0.3) is 0 Å². The maximum absolute atomic E-state index is 12.6. The molecule has 0 aliphatic carbocycles. The zero-order chi connectivity index (χ0) is 20.9. The zero-order valence-corrected chi connectivity index (χ0v) is 16.4. The normalized spacial score (nSPS) is 12.5. The smallest absolute Gasteiger partial charge is 0.349 e. The molecular formula is C20H19N3O5S. The van der Waals surface area contributed by atoms with E-state index in [2.05, 4.69) is 9.97 Å². The van der Waals surface area contributed by atoms with Crippen molar-refractivity contribution in [3.05, 3.63) is 84.4 Å². The van der Waals surface area contributed by atoms with E-state index in [-0.39, 0.29) is 11.4 Å². The number of carbonyl (C=O) groups is 1. The summed E-state index contributed by atoms with van der Waals surface area (Å²) in [5.74, 6) is -0.837. The third-order valence-corrected chi connectivity index (χ3v) is 5.96. The Bertz CT molecular complexity index is 1060. The Hall–Kier alpha value is -3.30. The van der Waals surface area contributed by atoms with Gasteiger partial charge >= 0.3 is 5.97 Å². The topological polar surface area (TPSA) is 110 Å². The van der Waals surface area contributed by atoms with Crippen molar-refractivity contribution >= 4 is 16.0 Å². The van der Waals surface area contributed by atoms with Crippen molar-refractivity contribution in [2.24, 2.45) is 0 Å². The molecule has 9 heteroatoms. The van der Waals surface area contributed by atoms with E-state index < -0.39 is 22.1 Å². The Morgan fingerprint density at radius 3 is 2.28 bits per heavy atom. The summed E-state index contributed by atoms with van der Waals surface area (Å²) in [6.07, 6.45) is 2.81. The lowest BCUT2D eigenvalue weighted by atomic mass is 10.2. The van der Waals surface area contributed by atoms with Gasteiger partial charge < -0.3 is 9.84 Å². The van der Waals surface area contributed by atoms with Gasteiger partial charge in [0, 0.05) is 31.5 Å². The number of aliphatic carboxylic acids is 1. The molecule has 150 valence electrons. The quantitative estimate of drug-likeness (QED) is 0.604. The van der Waals surface area contributed by atoms with E-state index in [0.29, 0.717) is 11.3 Å². The average Bonchev–Trinajstić information content (AvgIpc) is 2.74. The minimum Gasteiger partial charge on any atom is -0.478 e. The molecule has 0 spiro atoms. The molecule has 1 aromatic heterocycles. The predicted octanol–water partition coefficient (Wildman–Crippen LogP) is 2.50. The molecule has 0 saturated carbocycles. The fourth-order valence-electron chi connectivity index (χ4n) is 2.63. The van der Waals surface area contributed by atoms with Gasteiger partial charge in [0.05, 0.1) is 4.90 Å². The number of hydrogen-bond donors (Lipinski definition) is 1. The van der Waals surface area contributed by atoms with Crippen molar-refractivity contribution in [3.8, 4) is 5.75 Å². The van der Waals surface area contributed by atoms with E-state index in [1.54, 1.807) is 54.6 Å². The first-order chi connectivity index (χ1) is 13.9. The number of hydrogen-bond acceptors (Lipinski definition) is 6. The Balaban J connectivity index is 1.71. The van der Waals surface area contributed by atoms with Crippen LogP contribution >= 0.6 is 0 Å². The van der Waals surface area contributed by atoms with Gasteiger partial charge in [-0.15, -0.1) is 0 Å². The van der Waals surface area contributed by atoms with E-state index in [1.807, 2.05) is 0 Å². The number of nitrogens with zero attached hydrogens (tertiary/aromatic N) is 3. The van der Waals surface area contributed by atoms with Crippen LogP contribution in [0.15, 0.2) is 78.2 Å². The summed E-state index contributed by atoms with van der Waals surface area (Å²) in [7, 11) is -2.10. The van der Waals surface area contributed by atoms with Crippen LogP contribution in [0.1, 0.15) is 17.2 Å². The Morgan fingerprint density at radius 2 is 1.69 bits per heavy atom. The maximum atomic E-state index is 12.6. The lowest BCUT2D eigenvalue weighted by Gasteiger charge is -2.18. The highest BCUT2D eigenvalue weighted by Gasteiger charge is 2.23. The van der Waals surface area contributed by atoms with Crippen LogP contribution in [0.2, 0.25) is 0 Å². The number of benzene rings is 2. The van der Waals surface area contributed by atoms with Crippen molar-refractivity contribution in [2.75, 3.05) is 7.05 Å². The summed E-state index contributed by atoms with van der Waals surface area (Å²) in [6.45, 7) is 0.159. The van der Waals surface area contributed by atoms with Crippen LogP contribution in [0, 0.1) is 0 Å². The number of rotatable bonds is 8. The van der Waals surface area contributed by atoms with Crippen LogP contribution < -0.4 is 4.74 Å². The molecule has 1 unspecified atom stereocenters. The minimum atomic E-state index is -3.60. The van der Waals surface area contributed by atoms with Gasteiger partial charge in [0.1, 0.15) is 12.1 Å². The molecule has 8 nitrogen and oxygen atoms in total. The maximum Gasteiger partial charge on any atom is 0.349 e. The highest BCUT2D eigenvalue weighted by Crippen LogP contribution is 2.23. The van der Waals surface area contributed by atoms with Gasteiger partial charge in [-0.2, -0.15) is 4.31 Å². The standard InChI is InChI=1S/C20H19N3O5S/c1-23(29(26,27)18-5-3-2-4-6-18)13-15-7-9-17(10-8-15)28-19(20(24)25)16-11-21-14-22-12-16/h2-12,14,19H,13H2,1H3,(H,24,25). The van der Waals surface area contributed by atoms with Crippen LogP contribution in [-0.2, 0) is 21.4 Å². The van der Waals surface area contributed by atoms with Gasteiger partial charge in [-0.1, -0.05) is 30.3 Å². The summed E-state index contributed by atoms with van der Waals surface area (Å²) in [6, 6.07) is 14.7. The first-order valence-corrected chi connectivity index (χ1v) is 10.1. The molecule has 29 heavy (non-hydrogen) atoms. The molecule has 0 radical (unpaired) electrons. The van der Waals surface area contributed by atoms with Crippen LogP contribution in [0.5, 0.6) is 5.75 Å². The van der Waals surface area contributed by atoms with Gasteiger partial charge in [0.15, 0.2) is 0 Å². The zero-order valence-electron chi connectivity index (χ0n) is 15.5. The Labute approximate surface area is 168 Å². The summed E-state index contributed by atoms with van der Waals surface area (Å²) in [5.41, 5.74) is 1.05. The number of aromatic nitrogens is 2. The monoisotopic (exact) mass is 413 g/mol. The molecule has 0 fully saturated rings. The second kappa shape index (κ2) is 8.80. The molecule has 2 aromatic carbocycles. The highest BCUT2D eigenvalue weighted by atomic mass is 32.2. The van der Waals surface area contributed by atoms with Gasteiger partial charge in [-0.3, -0.25) is 0 Å². The Morgan fingerprint density at radius 1 is 1.07 bits per heavy atom. The second-order valence-electron chi connectivity index (χ2n) is 6.23. The molecule has 0 amide bonds. The molecule has 0 aliphatic heterocycles. The van der Waals surface area contributed by atoms with Gasteiger partial charge in [0.25, 0.3) is 0 Å². The molecule has 0 aliphatic rings. The van der Waals surface area contributed by atoms with Crippen molar-refractivity contribution < 1.29 is 23.1 Å². The first kappa shape index (κ1) is 20.4. The summed E-state index contributed by atoms with van der Waals surface area (Å²) >= 11 is 0. The van der Waals surface area contributed by atoms with Crippen molar-refractivity contribution in [2.45, 2.75) is 17.5 Å². The van der Waals surface area contributed by atoms with E-state index in [0.717, 1.165) is 5.56 Å². The lowest BCUT2D eigenvalue weighted by Crippen LogP contribution is -2.26. The molecule has 3 rings (SSSR count). The summed E-state index contributed by atoms with van der Waals surface area (Å²) in [4.78, 5) is 19.3. The van der Waals surface area contributed by atoms with Crippen LogP contribution in [-0.4, -0.2) is 40.8 Å². The van der Waals surface area contributed by atoms with E-state index in [1.165, 1.54) is 30.1 Å². The van der Waals surface area contributed by atoms with Crippen molar-refractivity contribution in [1.29, 1.82) is 0 Å². The van der Waals surface area contributed by atoms with Gasteiger partial charge in [-0.25, -0.2) is 23.2 Å². The SMILES string of the molecule is CN(Cc1ccc(OC(C(=O)O)c2cncnc2)cc1)S(=O)(=O)c1ccccc1. The van der Waals surface area contributed by atoms with Crippen LogP contribution in [0.3, 0.4) is 0 Å². The van der Waals surface area contributed by atoms with E-state index >= 15 is 0 Å². The third-order valence-electron chi connectivity index (χ3n) is 4.14. The second-order valence-corrected chi connectivity index (χ2v) is 8.27. The van der Waals surface area contributed by atoms with Crippen molar-refractivity contribution in [1.82, 2.24) is 14.3 Å². The Kier molecular flexibility index (Phi) is 6.20. The molecule has 0 saturated heterocycles. The number of ether oxygens (including phenoxy) is 1. The van der Waals surface area contributed by atoms with E-state index in [4.69, 9.17) is 4.74 Å². The minimum absolute atomic E-state index is 0.159. The fraction of sp³-hybridized carbons (Fsp3) is 0.150. The summed E-state index contributed by atoms with van der Waals surface area (Å²) < 4.78 is 32.0. The molecule has 1 atom stereocenters. The largest absolute Gasteiger partial charge is 0.478 e. The predicted molar refractivity (Wildman–Crippen MR) is 105 cm³/mol. The molecule has 1 N–H and O–H groups in total.